The number of aromatic nitrogens is 1. The van der Waals surface area contributed by atoms with Gasteiger partial charge in [-0.3, -0.25) is 4.98 Å². The van der Waals surface area contributed by atoms with E-state index in [4.69, 9.17) is 9.47 Å². The summed E-state index contributed by atoms with van der Waals surface area (Å²) in [7, 11) is 1.63. The predicted octanol–water partition coefficient (Wildman–Crippen LogP) is 2.92. The Hall–Kier alpha value is -2.14. The number of benzene rings is 1. The van der Waals surface area contributed by atoms with Crippen LogP contribution >= 0.6 is 0 Å². The van der Waals surface area contributed by atoms with E-state index in [1.165, 1.54) is 12.3 Å². The van der Waals surface area contributed by atoms with E-state index in [1.807, 2.05) is 25.1 Å². The molecule has 1 aromatic carbocycles. The summed E-state index contributed by atoms with van der Waals surface area (Å²) in [6.45, 7) is 3.87. The first-order chi connectivity index (χ1) is 10.2. The summed E-state index contributed by atoms with van der Waals surface area (Å²) < 4.78 is 24.1. The standard InChI is InChI=1S/C16H19FN2O2/c1-3-18-9-13-7-15(20-2)4-5-16(13)21-11-12-6-14(17)10-19-8-12/h4-8,10,18H,3,9,11H2,1-2H3. The lowest BCUT2D eigenvalue weighted by Gasteiger charge is -2.13. The lowest BCUT2D eigenvalue weighted by molar-refractivity contribution is 0.300. The normalized spacial score (nSPS) is 10.4. The number of halogens is 1. The van der Waals surface area contributed by atoms with Gasteiger partial charge in [0.25, 0.3) is 0 Å². The second kappa shape index (κ2) is 7.59. The Morgan fingerprint density at radius 2 is 2.10 bits per heavy atom. The minimum atomic E-state index is -0.362. The molecule has 0 amide bonds. The van der Waals surface area contributed by atoms with Gasteiger partial charge < -0.3 is 14.8 Å². The number of nitrogens with one attached hydrogen (secondary N) is 1. The van der Waals surface area contributed by atoms with Crippen molar-refractivity contribution in [2.45, 2.75) is 20.1 Å². The van der Waals surface area contributed by atoms with Crippen molar-refractivity contribution in [1.82, 2.24) is 10.3 Å². The zero-order chi connectivity index (χ0) is 15.1. The van der Waals surface area contributed by atoms with Gasteiger partial charge in [0, 0.05) is 23.9 Å². The molecule has 112 valence electrons. The monoisotopic (exact) mass is 290 g/mol. The molecule has 1 N–H and O–H groups in total. The van der Waals surface area contributed by atoms with Crippen molar-refractivity contribution in [3.8, 4) is 11.5 Å². The molecule has 21 heavy (non-hydrogen) atoms. The maximum atomic E-state index is 13.1. The van der Waals surface area contributed by atoms with Crippen molar-refractivity contribution >= 4 is 0 Å². The van der Waals surface area contributed by atoms with Crippen LogP contribution in [0.2, 0.25) is 0 Å². The number of pyridine rings is 1. The van der Waals surface area contributed by atoms with Crippen LogP contribution in [0.15, 0.2) is 36.7 Å². The molecular formula is C16H19FN2O2. The van der Waals surface area contributed by atoms with E-state index in [2.05, 4.69) is 10.3 Å². The highest BCUT2D eigenvalue weighted by atomic mass is 19.1. The van der Waals surface area contributed by atoms with E-state index in [0.717, 1.165) is 23.6 Å². The summed E-state index contributed by atoms with van der Waals surface area (Å²) >= 11 is 0. The molecule has 0 fully saturated rings. The third kappa shape index (κ3) is 4.43. The Labute approximate surface area is 123 Å². The van der Waals surface area contributed by atoms with Gasteiger partial charge in [-0.15, -0.1) is 0 Å². The van der Waals surface area contributed by atoms with E-state index in [9.17, 15) is 4.39 Å². The SMILES string of the molecule is CCNCc1cc(OC)ccc1OCc1cncc(F)c1. The number of rotatable bonds is 7. The number of nitrogens with zero attached hydrogens (tertiary/aromatic N) is 1. The molecule has 4 nitrogen and oxygen atoms in total. The van der Waals surface area contributed by atoms with Gasteiger partial charge in [-0.25, -0.2) is 4.39 Å². The molecule has 0 bridgehead atoms. The highest BCUT2D eigenvalue weighted by molar-refractivity contribution is 5.40. The third-order valence-corrected chi connectivity index (χ3v) is 2.99. The van der Waals surface area contributed by atoms with E-state index < -0.39 is 0 Å². The molecule has 0 radical (unpaired) electrons. The largest absolute Gasteiger partial charge is 0.497 e. The zero-order valence-corrected chi connectivity index (χ0v) is 12.2. The number of hydrogen-bond acceptors (Lipinski definition) is 4. The van der Waals surface area contributed by atoms with E-state index in [1.54, 1.807) is 13.3 Å². The Bertz CT molecular complexity index is 590. The van der Waals surface area contributed by atoms with Gasteiger partial charge in [-0.05, 0) is 30.8 Å². The topological polar surface area (TPSA) is 43.4 Å². The lowest BCUT2D eigenvalue weighted by Crippen LogP contribution is -2.13. The molecule has 1 aromatic heterocycles. The second-order valence-corrected chi connectivity index (χ2v) is 4.55. The molecule has 0 aliphatic rings. The predicted molar refractivity (Wildman–Crippen MR) is 78.9 cm³/mol. The first-order valence-electron chi connectivity index (χ1n) is 6.82. The van der Waals surface area contributed by atoms with Crippen molar-refractivity contribution in [3.63, 3.8) is 0 Å². The van der Waals surface area contributed by atoms with Crippen LogP contribution in [-0.4, -0.2) is 18.6 Å². The molecule has 0 spiro atoms. The van der Waals surface area contributed by atoms with Gasteiger partial charge in [0.2, 0.25) is 0 Å². The van der Waals surface area contributed by atoms with Crippen LogP contribution in [0, 0.1) is 5.82 Å². The van der Waals surface area contributed by atoms with Gasteiger partial charge in [-0.1, -0.05) is 6.92 Å². The van der Waals surface area contributed by atoms with Crippen LogP contribution in [0.1, 0.15) is 18.1 Å². The molecule has 0 saturated carbocycles. The van der Waals surface area contributed by atoms with E-state index in [-0.39, 0.29) is 12.4 Å². The quantitative estimate of drug-likeness (QED) is 0.851. The second-order valence-electron chi connectivity index (χ2n) is 4.55. The molecule has 0 aliphatic carbocycles. The fourth-order valence-corrected chi connectivity index (χ4v) is 1.92. The molecule has 0 atom stereocenters. The van der Waals surface area contributed by atoms with Gasteiger partial charge in [0.05, 0.1) is 13.3 Å². The summed E-state index contributed by atoms with van der Waals surface area (Å²) in [4.78, 5) is 3.81. The Morgan fingerprint density at radius 3 is 2.81 bits per heavy atom. The molecule has 2 rings (SSSR count). The fraction of sp³-hybridized carbons (Fsp3) is 0.312. The van der Waals surface area contributed by atoms with Gasteiger partial charge in [0.1, 0.15) is 23.9 Å². The van der Waals surface area contributed by atoms with Crippen molar-refractivity contribution in [2.24, 2.45) is 0 Å². The minimum absolute atomic E-state index is 0.274. The summed E-state index contributed by atoms with van der Waals surface area (Å²) in [6.07, 6.45) is 2.77. The Balaban J connectivity index is 2.10. The molecule has 0 saturated heterocycles. The molecule has 1 heterocycles. The average Bonchev–Trinajstić information content (AvgIpc) is 2.51. The van der Waals surface area contributed by atoms with E-state index >= 15 is 0 Å². The lowest BCUT2D eigenvalue weighted by atomic mass is 10.2. The van der Waals surface area contributed by atoms with E-state index in [0.29, 0.717) is 12.1 Å². The minimum Gasteiger partial charge on any atom is -0.497 e. The van der Waals surface area contributed by atoms with Crippen LogP contribution in [-0.2, 0) is 13.2 Å². The number of hydrogen-bond donors (Lipinski definition) is 1. The smallest absolute Gasteiger partial charge is 0.141 e. The van der Waals surface area contributed by atoms with Gasteiger partial charge in [0.15, 0.2) is 0 Å². The fourth-order valence-electron chi connectivity index (χ4n) is 1.92. The third-order valence-electron chi connectivity index (χ3n) is 2.99. The number of ether oxygens (including phenoxy) is 2. The number of methoxy groups -OCH3 is 1. The maximum Gasteiger partial charge on any atom is 0.141 e. The summed E-state index contributed by atoms with van der Waals surface area (Å²) in [6, 6.07) is 7.05. The molecule has 0 unspecified atom stereocenters. The molecule has 0 aliphatic heterocycles. The Kier molecular flexibility index (Phi) is 5.51. The van der Waals surface area contributed by atoms with Crippen LogP contribution in [0.25, 0.3) is 0 Å². The molecule has 5 heteroatoms. The highest BCUT2D eigenvalue weighted by Gasteiger charge is 2.06. The van der Waals surface area contributed by atoms with Crippen molar-refractivity contribution in [1.29, 1.82) is 0 Å². The summed E-state index contributed by atoms with van der Waals surface area (Å²) in [5.41, 5.74) is 1.70. The van der Waals surface area contributed by atoms with Crippen LogP contribution in [0.3, 0.4) is 0 Å². The maximum absolute atomic E-state index is 13.1. The van der Waals surface area contributed by atoms with Gasteiger partial charge >= 0.3 is 0 Å². The Morgan fingerprint density at radius 1 is 1.24 bits per heavy atom. The first-order valence-corrected chi connectivity index (χ1v) is 6.82. The summed E-state index contributed by atoms with van der Waals surface area (Å²) in [5, 5.41) is 3.26. The van der Waals surface area contributed by atoms with Crippen molar-refractivity contribution in [3.05, 3.63) is 53.6 Å². The zero-order valence-electron chi connectivity index (χ0n) is 12.2. The van der Waals surface area contributed by atoms with Gasteiger partial charge in [-0.2, -0.15) is 0 Å². The van der Waals surface area contributed by atoms with Crippen molar-refractivity contribution in [2.75, 3.05) is 13.7 Å². The molecule has 2 aromatic rings. The van der Waals surface area contributed by atoms with Crippen LogP contribution in [0.4, 0.5) is 4.39 Å². The first kappa shape index (κ1) is 15.3. The average molecular weight is 290 g/mol. The van der Waals surface area contributed by atoms with Crippen LogP contribution < -0.4 is 14.8 Å². The molecular weight excluding hydrogens is 271 g/mol. The van der Waals surface area contributed by atoms with Crippen LogP contribution in [0.5, 0.6) is 11.5 Å². The summed E-state index contributed by atoms with van der Waals surface area (Å²) in [5.74, 6) is 1.17. The van der Waals surface area contributed by atoms with Crippen molar-refractivity contribution < 1.29 is 13.9 Å². The highest BCUT2D eigenvalue weighted by Crippen LogP contribution is 2.25.